The summed E-state index contributed by atoms with van der Waals surface area (Å²) in [5, 5.41) is 10.8. The molecule has 0 bridgehead atoms. The highest BCUT2D eigenvalue weighted by Crippen LogP contribution is 2.22. The molecule has 190 valence electrons. The summed E-state index contributed by atoms with van der Waals surface area (Å²) in [6, 6.07) is 11.9. The van der Waals surface area contributed by atoms with Gasteiger partial charge in [0.05, 0.1) is 4.90 Å². The van der Waals surface area contributed by atoms with Crippen LogP contribution in [0.4, 0.5) is 5.13 Å². The summed E-state index contributed by atoms with van der Waals surface area (Å²) in [6.07, 6.45) is 9.38. The average Bonchev–Trinajstić information content (AvgIpc) is 3.55. The Morgan fingerprint density at radius 3 is 2.61 bits per heavy atom. The van der Waals surface area contributed by atoms with Gasteiger partial charge in [0, 0.05) is 54.3 Å². The standard InChI is InChI=1S/C25H29N5O4S2/c1-36(32,33)22-11-9-18(10-12-22)23(30-34-20-7-2-3-8-20)24(31)29-25-28-17-21(35-25)16-26-15-13-19-6-4-5-14-27-19/h4-6,9-12,14,17,20,26H,2-3,7-8,13,15-16H2,1H3,(H,28,29,31). The topological polar surface area (TPSA) is 123 Å². The van der Waals surface area contributed by atoms with Crippen molar-refractivity contribution in [3.8, 4) is 0 Å². The molecular weight excluding hydrogens is 498 g/mol. The number of pyridine rings is 1. The maximum absolute atomic E-state index is 13.1. The number of carbonyl (C=O) groups is 1. The SMILES string of the molecule is CS(=O)(=O)c1ccc(C(=NOC2CCCC2)C(=O)Nc2ncc(CNCCc3ccccn3)s2)cc1. The van der Waals surface area contributed by atoms with Crippen molar-refractivity contribution in [2.24, 2.45) is 5.16 Å². The molecule has 1 aromatic carbocycles. The number of rotatable bonds is 11. The number of thiazole rings is 1. The molecule has 1 aliphatic carbocycles. The summed E-state index contributed by atoms with van der Waals surface area (Å²) >= 11 is 1.37. The molecule has 0 radical (unpaired) electrons. The van der Waals surface area contributed by atoms with Crippen LogP contribution in [0, 0.1) is 0 Å². The Morgan fingerprint density at radius 1 is 1.14 bits per heavy atom. The maximum Gasteiger partial charge on any atom is 0.280 e. The molecule has 2 N–H and O–H groups in total. The first-order valence-corrected chi connectivity index (χ1v) is 14.5. The van der Waals surface area contributed by atoms with E-state index < -0.39 is 15.7 Å². The number of nitrogens with one attached hydrogen (secondary N) is 2. The van der Waals surface area contributed by atoms with Gasteiger partial charge < -0.3 is 10.2 Å². The quantitative estimate of drug-likeness (QED) is 0.222. The van der Waals surface area contributed by atoms with E-state index in [1.807, 2.05) is 18.2 Å². The van der Waals surface area contributed by atoms with Gasteiger partial charge in [-0.2, -0.15) is 0 Å². The Bertz CT molecular complexity index is 1290. The van der Waals surface area contributed by atoms with Gasteiger partial charge in [-0.1, -0.05) is 23.4 Å². The highest BCUT2D eigenvalue weighted by Gasteiger charge is 2.21. The van der Waals surface area contributed by atoms with E-state index in [2.05, 4.69) is 25.8 Å². The van der Waals surface area contributed by atoms with E-state index >= 15 is 0 Å². The molecule has 4 rings (SSSR count). The Balaban J connectivity index is 1.39. The Labute approximate surface area is 214 Å². The molecule has 36 heavy (non-hydrogen) atoms. The smallest absolute Gasteiger partial charge is 0.280 e. The monoisotopic (exact) mass is 527 g/mol. The van der Waals surface area contributed by atoms with Crippen molar-refractivity contribution in [2.75, 3.05) is 18.1 Å². The zero-order valence-corrected chi connectivity index (χ0v) is 21.6. The van der Waals surface area contributed by atoms with Crippen LogP contribution in [0.3, 0.4) is 0 Å². The van der Waals surface area contributed by atoms with Crippen LogP contribution in [0.2, 0.25) is 0 Å². The summed E-state index contributed by atoms with van der Waals surface area (Å²) in [4.78, 5) is 28.6. The molecule has 0 atom stereocenters. The first-order chi connectivity index (χ1) is 17.4. The summed E-state index contributed by atoms with van der Waals surface area (Å²) < 4.78 is 23.6. The molecule has 2 aromatic heterocycles. The van der Waals surface area contributed by atoms with Crippen molar-refractivity contribution < 1.29 is 18.0 Å². The number of sulfone groups is 1. The van der Waals surface area contributed by atoms with E-state index in [9.17, 15) is 13.2 Å². The molecule has 1 amide bonds. The van der Waals surface area contributed by atoms with Gasteiger partial charge in [-0.05, 0) is 49.9 Å². The van der Waals surface area contributed by atoms with E-state index in [-0.39, 0.29) is 16.7 Å². The van der Waals surface area contributed by atoms with Gasteiger partial charge in [0.2, 0.25) is 0 Å². The number of nitrogens with zero attached hydrogens (tertiary/aromatic N) is 3. The van der Waals surface area contributed by atoms with E-state index in [1.165, 1.54) is 23.5 Å². The average molecular weight is 528 g/mol. The third-order valence-electron chi connectivity index (χ3n) is 5.72. The molecule has 0 unspecified atom stereocenters. The third-order valence-corrected chi connectivity index (χ3v) is 7.76. The zero-order chi connectivity index (χ0) is 25.4. The fraction of sp³-hybridized carbons (Fsp3) is 0.360. The van der Waals surface area contributed by atoms with Crippen molar-refractivity contribution >= 4 is 37.9 Å². The van der Waals surface area contributed by atoms with Gasteiger partial charge in [-0.3, -0.25) is 15.1 Å². The van der Waals surface area contributed by atoms with Crippen molar-refractivity contribution in [2.45, 2.75) is 49.6 Å². The highest BCUT2D eigenvalue weighted by atomic mass is 32.2. The van der Waals surface area contributed by atoms with Gasteiger partial charge >= 0.3 is 0 Å². The second kappa shape index (κ2) is 12.2. The number of hydrogen-bond acceptors (Lipinski definition) is 9. The van der Waals surface area contributed by atoms with Gasteiger partial charge in [0.25, 0.3) is 5.91 Å². The number of anilines is 1. The Kier molecular flexibility index (Phi) is 8.79. The van der Waals surface area contributed by atoms with Crippen LogP contribution in [-0.4, -0.2) is 48.9 Å². The molecule has 1 aliphatic rings. The van der Waals surface area contributed by atoms with E-state index in [4.69, 9.17) is 4.84 Å². The van der Waals surface area contributed by atoms with Crippen molar-refractivity contribution in [1.82, 2.24) is 15.3 Å². The van der Waals surface area contributed by atoms with Gasteiger partial charge in [-0.25, -0.2) is 13.4 Å². The minimum atomic E-state index is -3.35. The van der Waals surface area contributed by atoms with Gasteiger partial charge in [0.15, 0.2) is 20.7 Å². The van der Waals surface area contributed by atoms with Crippen LogP contribution in [-0.2, 0) is 32.4 Å². The van der Waals surface area contributed by atoms with Crippen LogP contribution < -0.4 is 10.6 Å². The molecule has 11 heteroatoms. The van der Waals surface area contributed by atoms with Crippen LogP contribution in [0.15, 0.2) is 64.9 Å². The molecule has 0 saturated heterocycles. The number of hydrogen-bond donors (Lipinski definition) is 2. The summed E-state index contributed by atoms with van der Waals surface area (Å²) in [5.41, 5.74) is 1.57. The Morgan fingerprint density at radius 2 is 1.92 bits per heavy atom. The lowest BCUT2D eigenvalue weighted by Crippen LogP contribution is -2.25. The maximum atomic E-state index is 13.1. The minimum absolute atomic E-state index is 0.0216. The van der Waals surface area contributed by atoms with E-state index in [1.54, 1.807) is 24.5 Å². The second-order valence-corrected chi connectivity index (χ2v) is 11.7. The largest absolute Gasteiger partial charge is 0.392 e. The predicted molar refractivity (Wildman–Crippen MR) is 140 cm³/mol. The second-order valence-electron chi connectivity index (χ2n) is 8.58. The fourth-order valence-electron chi connectivity index (χ4n) is 3.78. The van der Waals surface area contributed by atoms with Crippen LogP contribution >= 0.6 is 11.3 Å². The van der Waals surface area contributed by atoms with Crippen molar-refractivity contribution in [3.63, 3.8) is 0 Å². The number of oxime groups is 1. The first kappa shape index (κ1) is 25.9. The molecular formula is C25H29N5O4S2. The van der Waals surface area contributed by atoms with Crippen LogP contribution in [0.25, 0.3) is 0 Å². The lowest BCUT2D eigenvalue weighted by molar-refractivity contribution is -0.110. The molecule has 1 saturated carbocycles. The molecule has 3 aromatic rings. The molecule has 0 spiro atoms. The molecule has 2 heterocycles. The minimum Gasteiger partial charge on any atom is -0.392 e. The van der Waals surface area contributed by atoms with E-state index in [0.717, 1.165) is 55.5 Å². The Hall–Kier alpha value is -3.15. The molecule has 0 aliphatic heterocycles. The van der Waals surface area contributed by atoms with Crippen molar-refractivity contribution in [3.05, 3.63) is 71.0 Å². The normalized spacial score (nSPS) is 14.6. The van der Waals surface area contributed by atoms with E-state index in [0.29, 0.717) is 17.2 Å². The summed E-state index contributed by atoms with van der Waals surface area (Å²) in [7, 11) is -3.35. The number of amides is 1. The zero-order valence-electron chi connectivity index (χ0n) is 20.0. The summed E-state index contributed by atoms with van der Waals surface area (Å²) in [6.45, 7) is 1.40. The fourth-order valence-corrected chi connectivity index (χ4v) is 5.19. The lowest BCUT2D eigenvalue weighted by atomic mass is 10.1. The third kappa shape index (κ3) is 7.42. The van der Waals surface area contributed by atoms with Gasteiger partial charge in [-0.15, -0.1) is 11.3 Å². The van der Waals surface area contributed by atoms with Crippen LogP contribution in [0.5, 0.6) is 0 Å². The molecule has 9 nitrogen and oxygen atoms in total. The lowest BCUT2D eigenvalue weighted by Gasteiger charge is -2.10. The number of benzene rings is 1. The number of aromatic nitrogens is 2. The predicted octanol–water partition coefficient (Wildman–Crippen LogP) is 3.58. The van der Waals surface area contributed by atoms with Crippen LogP contribution in [0.1, 0.15) is 41.8 Å². The summed E-state index contributed by atoms with van der Waals surface area (Å²) in [5.74, 6) is -0.468. The highest BCUT2D eigenvalue weighted by molar-refractivity contribution is 7.90. The number of carbonyl (C=O) groups excluding carboxylic acids is 1. The molecule has 1 fully saturated rings. The van der Waals surface area contributed by atoms with Crippen molar-refractivity contribution in [1.29, 1.82) is 0 Å². The van der Waals surface area contributed by atoms with Gasteiger partial charge in [0.1, 0.15) is 6.10 Å². The first-order valence-electron chi connectivity index (χ1n) is 11.8.